The number of H-pyrrole nitrogens is 1. The summed E-state index contributed by atoms with van der Waals surface area (Å²) < 4.78 is 24.8. The van der Waals surface area contributed by atoms with Crippen LogP contribution in [0.5, 0.6) is 11.5 Å². The summed E-state index contributed by atoms with van der Waals surface area (Å²) in [5.41, 5.74) is 5.67. The van der Waals surface area contributed by atoms with Crippen molar-refractivity contribution in [3.05, 3.63) is 123 Å². The summed E-state index contributed by atoms with van der Waals surface area (Å²) in [6.07, 6.45) is -1.20. The number of aromatic amines is 1. The first-order valence-corrected chi connectivity index (χ1v) is 12.8. The number of hydrogen-bond acceptors (Lipinski definition) is 8. The van der Waals surface area contributed by atoms with E-state index in [-0.39, 0.29) is 18.7 Å². The standard InChI is InChI=1S/C30H31N3O7/c1-37-22-12-8-20(9-13-22)30(19-6-4-3-5-7-19,21-10-14-23(38-2)15-11-21)39-18-26-25(34)16-27(40-26)33-17-24(31)28(35)32-29(33)36/h3-15,17,25-27,34H,16,18,31H2,1-2H3,(H,32,35,36)/t25-,26+,27+/m0/s1. The van der Waals surface area contributed by atoms with Crippen molar-refractivity contribution >= 4 is 5.69 Å². The third kappa shape index (κ3) is 5.12. The molecule has 4 N–H and O–H groups in total. The second kappa shape index (κ2) is 11.4. The zero-order valence-electron chi connectivity index (χ0n) is 22.2. The van der Waals surface area contributed by atoms with Gasteiger partial charge in [0.15, 0.2) is 0 Å². The van der Waals surface area contributed by atoms with Crippen LogP contribution >= 0.6 is 0 Å². The summed E-state index contributed by atoms with van der Waals surface area (Å²) >= 11 is 0. The zero-order valence-corrected chi connectivity index (χ0v) is 22.2. The number of aliphatic hydroxyl groups excluding tert-OH is 1. The Bertz CT molecular complexity index is 1500. The molecule has 3 atom stereocenters. The van der Waals surface area contributed by atoms with Gasteiger partial charge in [0.1, 0.15) is 35.1 Å². The summed E-state index contributed by atoms with van der Waals surface area (Å²) in [5, 5.41) is 10.9. The third-order valence-corrected chi connectivity index (χ3v) is 7.15. The maximum Gasteiger partial charge on any atom is 0.330 e. The second-order valence-electron chi connectivity index (χ2n) is 9.50. The fourth-order valence-corrected chi connectivity index (χ4v) is 5.03. The number of nitrogens with two attached hydrogens (primary N) is 1. The zero-order chi connectivity index (χ0) is 28.3. The van der Waals surface area contributed by atoms with Gasteiger partial charge >= 0.3 is 5.69 Å². The summed E-state index contributed by atoms with van der Waals surface area (Å²) in [5.74, 6) is 1.40. The minimum Gasteiger partial charge on any atom is -0.497 e. The van der Waals surface area contributed by atoms with Gasteiger partial charge in [0.05, 0.1) is 26.9 Å². The van der Waals surface area contributed by atoms with Crippen LogP contribution in [0.2, 0.25) is 0 Å². The molecule has 0 spiro atoms. The number of benzene rings is 3. The van der Waals surface area contributed by atoms with E-state index >= 15 is 0 Å². The predicted octanol–water partition coefficient (Wildman–Crippen LogP) is 2.79. The van der Waals surface area contributed by atoms with Gasteiger partial charge in [0.2, 0.25) is 0 Å². The predicted molar refractivity (Wildman–Crippen MR) is 149 cm³/mol. The normalized spacial score (nSPS) is 18.9. The Balaban J connectivity index is 1.54. The number of nitrogens with zero attached hydrogens (tertiary/aromatic N) is 1. The highest BCUT2D eigenvalue weighted by molar-refractivity contribution is 5.49. The molecule has 4 aromatic rings. The second-order valence-corrected chi connectivity index (χ2v) is 9.50. The van der Waals surface area contributed by atoms with Gasteiger partial charge in [-0.15, -0.1) is 0 Å². The lowest BCUT2D eigenvalue weighted by Crippen LogP contribution is -2.38. The summed E-state index contributed by atoms with van der Waals surface area (Å²) in [6.45, 7) is -0.0157. The molecule has 1 aliphatic heterocycles. The third-order valence-electron chi connectivity index (χ3n) is 7.15. The molecule has 10 heteroatoms. The topological polar surface area (TPSA) is 138 Å². The monoisotopic (exact) mass is 545 g/mol. The average Bonchev–Trinajstić information content (AvgIpc) is 3.36. The van der Waals surface area contributed by atoms with Crippen molar-refractivity contribution in [2.24, 2.45) is 0 Å². The average molecular weight is 546 g/mol. The number of nitrogens with one attached hydrogen (secondary N) is 1. The Morgan fingerprint density at radius 2 is 1.48 bits per heavy atom. The Hall–Kier alpha value is -4.38. The molecule has 0 unspecified atom stereocenters. The van der Waals surface area contributed by atoms with E-state index in [2.05, 4.69) is 4.98 Å². The molecular formula is C30H31N3O7. The molecule has 2 heterocycles. The summed E-state index contributed by atoms with van der Waals surface area (Å²) in [6, 6.07) is 25.0. The first-order chi connectivity index (χ1) is 19.3. The van der Waals surface area contributed by atoms with Crippen LogP contribution in [0.15, 0.2) is 94.6 Å². The lowest BCUT2D eigenvalue weighted by Gasteiger charge is -2.37. The number of nitrogen functional groups attached to an aromatic ring is 1. The highest BCUT2D eigenvalue weighted by Crippen LogP contribution is 2.42. The van der Waals surface area contributed by atoms with Crippen molar-refractivity contribution in [2.75, 3.05) is 26.6 Å². The largest absolute Gasteiger partial charge is 0.497 e. The Morgan fingerprint density at radius 3 is 2.02 bits per heavy atom. The molecule has 0 aliphatic carbocycles. The minimum absolute atomic E-state index is 0.0157. The SMILES string of the molecule is COc1ccc(C(OC[C@H]2O[C@@H](n3cc(N)c(=O)[nH]c3=O)C[C@@H]2O)(c2ccccc2)c2ccc(OC)cc2)cc1. The molecule has 3 aromatic carbocycles. The highest BCUT2D eigenvalue weighted by Gasteiger charge is 2.42. The maximum absolute atomic E-state index is 12.4. The van der Waals surface area contributed by atoms with Gasteiger partial charge in [0, 0.05) is 12.6 Å². The van der Waals surface area contributed by atoms with Crippen LogP contribution < -0.4 is 26.5 Å². The van der Waals surface area contributed by atoms with Crippen LogP contribution in [0.4, 0.5) is 5.69 Å². The van der Waals surface area contributed by atoms with E-state index in [1.165, 1.54) is 10.8 Å². The molecule has 1 fully saturated rings. The molecule has 0 amide bonds. The number of ether oxygens (including phenoxy) is 4. The molecule has 1 aliphatic rings. The molecule has 1 aromatic heterocycles. The molecule has 0 radical (unpaired) electrons. The van der Waals surface area contributed by atoms with E-state index in [0.29, 0.717) is 11.5 Å². The summed E-state index contributed by atoms with van der Waals surface area (Å²) in [7, 11) is 3.21. The Morgan fingerprint density at radius 1 is 0.925 bits per heavy atom. The summed E-state index contributed by atoms with van der Waals surface area (Å²) in [4.78, 5) is 26.3. The van der Waals surface area contributed by atoms with Gasteiger partial charge in [-0.1, -0.05) is 54.6 Å². The van der Waals surface area contributed by atoms with Gasteiger partial charge in [-0.25, -0.2) is 4.79 Å². The highest BCUT2D eigenvalue weighted by atomic mass is 16.6. The van der Waals surface area contributed by atoms with Crippen LogP contribution in [0, 0.1) is 0 Å². The number of anilines is 1. The Kier molecular flexibility index (Phi) is 7.74. The maximum atomic E-state index is 12.4. The number of aromatic nitrogens is 2. The van der Waals surface area contributed by atoms with Gasteiger partial charge in [0.25, 0.3) is 5.56 Å². The number of aliphatic hydroxyl groups is 1. The smallest absolute Gasteiger partial charge is 0.330 e. The molecule has 1 saturated heterocycles. The van der Waals surface area contributed by atoms with E-state index in [1.54, 1.807) is 14.2 Å². The van der Waals surface area contributed by atoms with Crippen molar-refractivity contribution in [1.29, 1.82) is 0 Å². The van der Waals surface area contributed by atoms with E-state index in [0.717, 1.165) is 16.7 Å². The van der Waals surface area contributed by atoms with E-state index < -0.39 is 35.3 Å². The van der Waals surface area contributed by atoms with E-state index in [9.17, 15) is 14.7 Å². The fourth-order valence-electron chi connectivity index (χ4n) is 5.03. The van der Waals surface area contributed by atoms with Gasteiger partial charge < -0.3 is 29.8 Å². The first kappa shape index (κ1) is 27.2. The van der Waals surface area contributed by atoms with Crippen LogP contribution in [0.25, 0.3) is 0 Å². The van der Waals surface area contributed by atoms with Crippen molar-refractivity contribution < 1.29 is 24.1 Å². The first-order valence-electron chi connectivity index (χ1n) is 12.8. The molecule has 0 bridgehead atoms. The molecule has 10 nitrogen and oxygen atoms in total. The van der Waals surface area contributed by atoms with Crippen LogP contribution in [-0.2, 0) is 15.1 Å². The molecule has 0 saturated carbocycles. The van der Waals surface area contributed by atoms with E-state index in [1.807, 2.05) is 78.9 Å². The minimum atomic E-state index is -1.10. The van der Waals surface area contributed by atoms with Gasteiger partial charge in [-0.2, -0.15) is 0 Å². The number of hydrogen-bond donors (Lipinski definition) is 3. The lowest BCUT2D eigenvalue weighted by molar-refractivity contribution is -0.0944. The van der Waals surface area contributed by atoms with Gasteiger partial charge in [-0.3, -0.25) is 14.3 Å². The quantitative estimate of drug-likeness (QED) is 0.273. The molecule has 40 heavy (non-hydrogen) atoms. The molecular weight excluding hydrogens is 514 g/mol. The van der Waals surface area contributed by atoms with Crippen LogP contribution in [0.3, 0.4) is 0 Å². The number of rotatable bonds is 9. The van der Waals surface area contributed by atoms with Crippen molar-refractivity contribution in [3.8, 4) is 11.5 Å². The molecule has 5 rings (SSSR count). The van der Waals surface area contributed by atoms with Crippen LogP contribution in [-0.4, -0.2) is 47.7 Å². The Labute approximate surface area is 230 Å². The van der Waals surface area contributed by atoms with Crippen LogP contribution in [0.1, 0.15) is 29.3 Å². The van der Waals surface area contributed by atoms with Crippen molar-refractivity contribution in [3.63, 3.8) is 0 Å². The fraction of sp³-hybridized carbons (Fsp3) is 0.267. The molecule has 208 valence electrons. The van der Waals surface area contributed by atoms with E-state index in [4.69, 9.17) is 24.7 Å². The lowest BCUT2D eigenvalue weighted by atomic mass is 9.80. The van der Waals surface area contributed by atoms with Gasteiger partial charge in [-0.05, 0) is 41.0 Å². The van der Waals surface area contributed by atoms with Crippen molar-refractivity contribution in [2.45, 2.75) is 30.5 Å². The number of methoxy groups -OCH3 is 2. The van der Waals surface area contributed by atoms with Crippen molar-refractivity contribution in [1.82, 2.24) is 9.55 Å².